The average Bonchev–Trinajstić information content (AvgIpc) is 2.50. The van der Waals surface area contributed by atoms with E-state index in [4.69, 9.17) is 6.42 Å². The highest BCUT2D eigenvalue weighted by Crippen LogP contribution is 2.43. The van der Waals surface area contributed by atoms with Crippen LogP contribution in [-0.2, 0) is 0 Å². The van der Waals surface area contributed by atoms with Gasteiger partial charge < -0.3 is 5.32 Å². The quantitative estimate of drug-likeness (QED) is 0.436. The van der Waals surface area contributed by atoms with Crippen LogP contribution in [0.2, 0.25) is 0 Å². The average molecular weight is 123 g/mol. The fourth-order valence-electron chi connectivity index (χ4n) is 0.827. The molecule has 0 amide bonds. The number of rotatable bonds is 3. The molecule has 0 aromatic carbocycles. The van der Waals surface area contributed by atoms with Gasteiger partial charge in [0.15, 0.2) is 0 Å². The molecule has 50 valence electrons. The SMILES string of the molecule is C#CCNCC1(C)CC1. The number of nitrogens with one attached hydrogen (secondary N) is 1. The standard InChI is InChI=1S/C8H13N/c1-3-6-9-7-8(2)4-5-8/h1,9H,4-7H2,2H3. The van der Waals surface area contributed by atoms with Crippen LogP contribution in [0.5, 0.6) is 0 Å². The summed E-state index contributed by atoms with van der Waals surface area (Å²) in [5.74, 6) is 2.56. The van der Waals surface area contributed by atoms with Crippen molar-refractivity contribution in [3.63, 3.8) is 0 Å². The fraction of sp³-hybridized carbons (Fsp3) is 0.750. The maximum atomic E-state index is 5.07. The summed E-state index contributed by atoms with van der Waals surface area (Å²) in [6.45, 7) is 4.10. The molecule has 0 saturated heterocycles. The van der Waals surface area contributed by atoms with Gasteiger partial charge in [-0.2, -0.15) is 0 Å². The smallest absolute Gasteiger partial charge is 0.0574 e. The first kappa shape index (κ1) is 6.64. The van der Waals surface area contributed by atoms with E-state index in [0.717, 1.165) is 13.1 Å². The third-order valence-corrected chi connectivity index (χ3v) is 1.88. The molecular formula is C8H13N. The molecule has 0 aliphatic heterocycles. The fourth-order valence-corrected chi connectivity index (χ4v) is 0.827. The highest BCUT2D eigenvalue weighted by atomic mass is 14.9. The normalized spacial score (nSPS) is 20.9. The summed E-state index contributed by atoms with van der Waals surface area (Å²) in [5.41, 5.74) is 0.594. The number of terminal acetylenes is 1. The second-order valence-corrected chi connectivity index (χ2v) is 3.12. The van der Waals surface area contributed by atoms with Crippen LogP contribution in [0.1, 0.15) is 19.8 Å². The molecule has 0 radical (unpaired) electrons. The molecule has 0 heterocycles. The Morgan fingerprint density at radius 3 is 2.78 bits per heavy atom. The Morgan fingerprint density at radius 1 is 1.67 bits per heavy atom. The highest BCUT2D eigenvalue weighted by molar-refractivity contribution is 4.93. The van der Waals surface area contributed by atoms with Crippen molar-refractivity contribution in [2.45, 2.75) is 19.8 Å². The predicted octanol–water partition coefficient (Wildman–Crippen LogP) is 1.01. The monoisotopic (exact) mass is 123 g/mol. The van der Waals surface area contributed by atoms with Crippen molar-refractivity contribution >= 4 is 0 Å². The zero-order valence-corrected chi connectivity index (χ0v) is 5.91. The van der Waals surface area contributed by atoms with Crippen LogP contribution in [0.25, 0.3) is 0 Å². The Balaban J connectivity index is 2.00. The summed E-state index contributed by atoms with van der Waals surface area (Å²) in [6.07, 6.45) is 7.80. The van der Waals surface area contributed by atoms with Gasteiger partial charge in [-0.3, -0.25) is 0 Å². The molecule has 1 saturated carbocycles. The number of hydrogen-bond donors (Lipinski definition) is 1. The molecule has 1 aliphatic rings. The van der Waals surface area contributed by atoms with Crippen LogP contribution < -0.4 is 5.32 Å². The molecule has 1 N–H and O–H groups in total. The summed E-state index contributed by atoms with van der Waals surface area (Å²) in [5, 5.41) is 3.20. The van der Waals surface area contributed by atoms with Crippen molar-refractivity contribution in [3.8, 4) is 12.3 Å². The van der Waals surface area contributed by atoms with Crippen molar-refractivity contribution in [2.75, 3.05) is 13.1 Å². The van der Waals surface area contributed by atoms with E-state index < -0.39 is 0 Å². The lowest BCUT2D eigenvalue weighted by Gasteiger charge is -2.05. The van der Waals surface area contributed by atoms with Crippen molar-refractivity contribution in [1.29, 1.82) is 0 Å². The molecule has 0 bridgehead atoms. The van der Waals surface area contributed by atoms with E-state index in [1.54, 1.807) is 0 Å². The molecule has 1 nitrogen and oxygen atoms in total. The lowest BCUT2D eigenvalue weighted by atomic mass is 10.1. The van der Waals surface area contributed by atoms with Crippen LogP contribution >= 0.6 is 0 Å². The minimum absolute atomic E-state index is 0.594. The van der Waals surface area contributed by atoms with Crippen LogP contribution in [0, 0.1) is 17.8 Å². The van der Waals surface area contributed by atoms with Gasteiger partial charge in [0.2, 0.25) is 0 Å². The molecule has 0 aromatic heterocycles. The van der Waals surface area contributed by atoms with E-state index in [1.165, 1.54) is 12.8 Å². The third kappa shape index (κ3) is 2.07. The van der Waals surface area contributed by atoms with Crippen LogP contribution in [0.3, 0.4) is 0 Å². The molecule has 0 atom stereocenters. The van der Waals surface area contributed by atoms with E-state index >= 15 is 0 Å². The summed E-state index contributed by atoms with van der Waals surface area (Å²) >= 11 is 0. The maximum Gasteiger partial charge on any atom is 0.0574 e. The largest absolute Gasteiger partial charge is 0.306 e. The second-order valence-electron chi connectivity index (χ2n) is 3.12. The van der Waals surface area contributed by atoms with Gasteiger partial charge in [-0.15, -0.1) is 6.42 Å². The Hall–Kier alpha value is -0.480. The van der Waals surface area contributed by atoms with E-state index in [-0.39, 0.29) is 0 Å². The third-order valence-electron chi connectivity index (χ3n) is 1.88. The van der Waals surface area contributed by atoms with E-state index in [1.807, 2.05) is 0 Å². The molecule has 9 heavy (non-hydrogen) atoms. The topological polar surface area (TPSA) is 12.0 Å². The summed E-state index contributed by atoms with van der Waals surface area (Å²) in [4.78, 5) is 0. The zero-order chi connectivity index (χ0) is 6.74. The van der Waals surface area contributed by atoms with Crippen molar-refractivity contribution in [1.82, 2.24) is 5.32 Å². The maximum absolute atomic E-state index is 5.07. The van der Waals surface area contributed by atoms with E-state index in [9.17, 15) is 0 Å². The Bertz CT molecular complexity index is 128. The van der Waals surface area contributed by atoms with Gasteiger partial charge in [0.05, 0.1) is 6.54 Å². The Morgan fingerprint density at radius 2 is 2.33 bits per heavy atom. The molecule has 1 aliphatic carbocycles. The van der Waals surface area contributed by atoms with Crippen LogP contribution in [0.4, 0.5) is 0 Å². The van der Waals surface area contributed by atoms with Crippen molar-refractivity contribution < 1.29 is 0 Å². The summed E-state index contributed by atoms with van der Waals surface area (Å²) in [7, 11) is 0. The van der Waals surface area contributed by atoms with Crippen LogP contribution in [-0.4, -0.2) is 13.1 Å². The van der Waals surface area contributed by atoms with Crippen LogP contribution in [0.15, 0.2) is 0 Å². The van der Waals surface area contributed by atoms with E-state index in [2.05, 4.69) is 18.2 Å². The van der Waals surface area contributed by atoms with Gasteiger partial charge >= 0.3 is 0 Å². The first-order valence-corrected chi connectivity index (χ1v) is 3.41. The van der Waals surface area contributed by atoms with Gasteiger partial charge in [-0.1, -0.05) is 12.8 Å². The summed E-state index contributed by atoms with van der Waals surface area (Å²) < 4.78 is 0. The van der Waals surface area contributed by atoms with Gasteiger partial charge in [0, 0.05) is 6.54 Å². The molecular weight excluding hydrogens is 110 g/mol. The predicted molar refractivity (Wildman–Crippen MR) is 39.0 cm³/mol. The van der Waals surface area contributed by atoms with Gasteiger partial charge in [-0.25, -0.2) is 0 Å². The Kier molecular flexibility index (Phi) is 1.78. The molecule has 1 heteroatoms. The molecule has 1 fully saturated rings. The molecule has 0 aromatic rings. The lowest BCUT2D eigenvalue weighted by Crippen LogP contribution is -2.21. The zero-order valence-electron chi connectivity index (χ0n) is 5.91. The first-order chi connectivity index (χ1) is 4.27. The first-order valence-electron chi connectivity index (χ1n) is 3.41. The van der Waals surface area contributed by atoms with Gasteiger partial charge in [-0.05, 0) is 18.3 Å². The second kappa shape index (κ2) is 2.41. The molecule has 1 rings (SSSR count). The Labute approximate surface area is 56.8 Å². The minimum Gasteiger partial charge on any atom is -0.306 e. The van der Waals surface area contributed by atoms with E-state index in [0.29, 0.717) is 5.41 Å². The van der Waals surface area contributed by atoms with Crippen molar-refractivity contribution in [2.24, 2.45) is 5.41 Å². The minimum atomic E-state index is 0.594. The molecule has 0 spiro atoms. The highest BCUT2D eigenvalue weighted by Gasteiger charge is 2.36. The lowest BCUT2D eigenvalue weighted by molar-refractivity contribution is 0.520. The van der Waals surface area contributed by atoms with Gasteiger partial charge in [0.1, 0.15) is 0 Å². The van der Waals surface area contributed by atoms with Crippen molar-refractivity contribution in [3.05, 3.63) is 0 Å². The number of hydrogen-bond acceptors (Lipinski definition) is 1. The molecule has 0 unspecified atom stereocenters. The van der Waals surface area contributed by atoms with Gasteiger partial charge in [0.25, 0.3) is 0 Å². The summed E-state index contributed by atoms with van der Waals surface area (Å²) in [6, 6.07) is 0.